The lowest BCUT2D eigenvalue weighted by molar-refractivity contribution is -0.123. The van der Waals surface area contributed by atoms with E-state index in [1.165, 1.54) is 25.7 Å². The minimum Gasteiger partial charge on any atom is -0.299 e. The molecular weight excluding hydrogens is 248 g/mol. The van der Waals surface area contributed by atoms with Crippen LogP contribution in [0.3, 0.4) is 0 Å². The van der Waals surface area contributed by atoms with Crippen molar-refractivity contribution in [3.63, 3.8) is 0 Å². The Morgan fingerprint density at radius 2 is 2.05 bits per heavy atom. The number of Topliss-reactive ketones (excluding diaryl/α,β-unsaturated/α-hetero) is 1. The molecule has 1 aliphatic carbocycles. The highest BCUT2D eigenvalue weighted by atomic mass is 16.1. The third-order valence-electron chi connectivity index (χ3n) is 4.55. The molecule has 0 N–H and O–H groups in total. The summed E-state index contributed by atoms with van der Waals surface area (Å²) in [6.07, 6.45) is 9.77. The Bertz CT molecular complexity index is 428. The fraction of sp³-hybridized carbons (Fsp3) is 0.765. The molecule has 112 valence electrons. The maximum atomic E-state index is 12.4. The summed E-state index contributed by atoms with van der Waals surface area (Å²) in [5, 5.41) is 4.48. The summed E-state index contributed by atoms with van der Waals surface area (Å²) >= 11 is 0. The molecule has 0 aliphatic heterocycles. The van der Waals surface area contributed by atoms with E-state index in [0.717, 1.165) is 24.5 Å². The van der Waals surface area contributed by atoms with Gasteiger partial charge in [0.1, 0.15) is 5.78 Å². The Morgan fingerprint density at radius 3 is 2.60 bits per heavy atom. The number of carbonyl (C=O) groups is 1. The van der Waals surface area contributed by atoms with Gasteiger partial charge >= 0.3 is 0 Å². The molecule has 2 rings (SSSR count). The van der Waals surface area contributed by atoms with Crippen molar-refractivity contribution in [2.45, 2.75) is 71.8 Å². The van der Waals surface area contributed by atoms with Crippen LogP contribution in [0.2, 0.25) is 0 Å². The molecule has 0 spiro atoms. The van der Waals surface area contributed by atoms with Crippen LogP contribution >= 0.6 is 0 Å². The molecule has 0 aromatic carbocycles. The number of hydrogen-bond acceptors (Lipinski definition) is 2. The van der Waals surface area contributed by atoms with Crippen LogP contribution in [-0.4, -0.2) is 15.6 Å². The first-order chi connectivity index (χ1) is 9.60. The molecule has 1 heterocycles. The summed E-state index contributed by atoms with van der Waals surface area (Å²) < 4.78 is 1.93. The van der Waals surface area contributed by atoms with Gasteiger partial charge in [0, 0.05) is 18.2 Å². The van der Waals surface area contributed by atoms with Crippen molar-refractivity contribution in [1.29, 1.82) is 0 Å². The van der Waals surface area contributed by atoms with E-state index in [2.05, 4.69) is 25.9 Å². The number of aromatic nitrogens is 2. The zero-order valence-electron chi connectivity index (χ0n) is 13.1. The molecule has 1 saturated carbocycles. The number of ketones is 1. The molecule has 1 fully saturated rings. The maximum Gasteiger partial charge on any atom is 0.141 e. The molecule has 1 aliphatic rings. The van der Waals surface area contributed by atoms with Gasteiger partial charge in [-0.25, -0.2) is 0 Å². The molecule has 0 atom stereocenters. The van der Waals surface area contributed by atoms with Crippen molar-refractivity contribution in [2.75, 3.05) is 0 Å². The van der Waals surface area contributed by atoms with E-state index >= 15 is 0 Å². The van der Waals surface area contributed by atoms with E-state index in [9.17, 15) is 4.79 Å². The third-order valence-corrected chi connectivity index (χ3v) is 4.55. The van der Waals surface area contributed by atoms with Crippen molar-refractivity contribution in [1.82, 2.24) is 9.78 Å². The van der Waals surface area contributed by atoms with E-state index in [0.29, 0.717) is 18.2 Å². The lowest BCUT2D eigenvalue weighted by Crippen LogP contribution is -2.23. The topological polar surface area (TPSA) is 34.9 Å². The zero-order valence-corrected chi connectivity index (χ0v) is 13.1. The van der Waals surface area contributed by atoms with Gasteiger partial charge in [0.05, 0.1) is 12.1 Å². The Balaban J connectivity index is 1.83. The summed E-state index contributed by atoms with van der Waals surface area (Å²) in [4.78, 5) is 12.4. The van der Waals surface area contributed by atoms with Gasteiger partial charge < -0.3 is 0 Å². The minimum absolute atomic E-state index is 0.285. The Labute approximate surface area is 122 Å². The van der Waals surface area contributed by atoms with Crippen LogP contribution in [0.1, 0.15) is 71.0 Å². The number of rotatable bonds is 6. The molecule has 1 aromatic heterocycles. The van der Waals surface area contributed by atoms with Crippen LogP contribution in [0.15, 0.2) is 12.3 Å². The van der Waals surface area contributed by atoms with E-state index in [1.54, 1.807) is 0 Å². The highest BCUT2D eigenvalue weighted by Gasteiger charge is 2.26. The fourth-order valence-electron chi connectivity index (χ4n) is 3.26. The van der Waals surface area contributed by atoms with Gasteiger partial charge in [-0.05, 0) is 51.5 Å². The second-order valence-corrected chi connectivity index (χ2v) is 6.53. The molecule has 0 radical (unpaired) electrons. The minimum atomic E-state index is 0.285. The quantitative estimate of drug-likeness (QED) is 0.781. The van der Waals surface area contributed by atoms with Crippen LogP contribution in [-0.2, 0) is 11.2 Å². The fourth-order valence-corrected chi connectivity index (χ4v) is 3.26. The largest absolute Gasteiger partial charge is 0.299 e. The zero-order chi connectivity index (χ0) is 14.5. The second kappa shape index (κ2) is 7.05. The van der Waals surface area contributed by atoms with Crippen molar-refractivity contribution in [3.8, 4) is 0 Å². The first-order valence-corrected chi connectivity index (χ1v) is 8.16. The maximum absolute atomic E-state index is 12.4. The average molecular weight is 276 g/mol. The highest BCUT2D eigenvalue weighted by molar-refractivity contribution is 5.82. The van der Waals surface area contributed by atoms with Crippen molar-refractivity contribution in [2.24, 2.45) is 11.8 Å². The Hall–Kier alpha value is -1.12. The van der Waals surface area contributed by atoms with E-state index in [4.69, 9.17) is 0 Å². The van der Waals surface area contributed by atoms with Gasteiger partial charge in [0.15, 0.2) is 0 Å². The summed E-state index contributed by atoms with van der Waals surface area (Å²) in [7, 11) is 0. The molecule has 20 heavy (non-hydrogen) atoms. The lowest BCUT2D eigenvalue weighted by atomic mass is 9.78. The van der Waals surface area contributed by atoms with Gasteiger partial charge in [-0.3, -0.25) is 9.48 Å². The molecule has 1 aromatic rings. The van der Waals surface area contributed by atoms with Gasteiger partial charge in [0.25, 0.3) is 0 Å². The van der Waals surface area contributed by atoms with E-state index in [1.807, 2.05) is 16.9 Å². The number of nitrogens with zero attached hydrogens (tertiary/aromatic N) is 2. The van der Waals surface area contributed by atoms with Crippen LogP contribution in [0.25, 0.3) is 0 Å². The van der Waals surface area contributed by atoms with Crippen LogP contribution in [0.4, 0.5) is 0 Å². The molecule has 0 amide bonds. The molecule has 0 bridgehead atoms. The predicted octanol–water partition coefficient (Wildman–Crippen LogP) is 4.18. The monoisotopic (exact) mass is 276 g/mol. The van der Waals surface area contributed by atoms with Crippen molar-refractivity contribution >= 4 is 5.78 Å². The molecule has 3 heteroatoms. The summed E-state index contributed by atoms with van der Waals surface area (Å²) in [6.45, 7) is 6.46. The smallest absolute Gasteiger partial charge is 0.141 e. The van der Waals surface area contributed by atoms with Gasteiger partial charge in [0.2, 0.25) is 0 Å². The van der Waals surface area contributed by atoms with E-state index in [-0.39, 0.29) is 5.92 Å². The highest BCUT2D eigenvalue weighted by Crippen LogP contribution is 2.32. The van der Waals surface area contributed by atoms with Gasteiger partial charge in [-0.1, -0.05) is 19.8 Å². The number of hydrogen-bond donors (Lipinski definition) is 0. The standard InChI is InChI=1S/C17H28N2O/c1-4-5-14-6-8-15(9-7-14)17(20)12-16-10-11-19(18-16)13(2)3/h10-11,13-15H,4-9,12H2,1-3H3. The summed E-state index contributed by atoms with van der Waals surface area (Å²) in [5.41, 5.74) is 0.930. The van der Waals surface area contributed by atoms with Gasteiger partial charge in [-0.15, -0.1) is 0 Å². The molecular formula is C17H28N2O. The van der Waals surface area contributed by atoms with Crippen molar-refractivity contribution < 1.29 is 4.79 Å². The number of carbonyl (C=O) groups excluding carboxylic acids is 1. The summed E-state index contributed by atoms with van der Waals surface area (Å²) in [6, 6.07) is 2.35. The average Bonchev–Trinajstić information content (AvgIpc) is 2.88. The van der Waals surface area contributed by atoms with Gasteiger partial charge in [-0.2, -0.15) is 5.10 Å². The molecule has 3 nitrogen and oxygen atoms in total. The Morgan fingerprint density at radius 1 is 1.35 bits per heavy atom. The first kappa shape index (κ1) is 15.3. The Kier molecular flexibility index (Phi) is 5.38. The predicted molar refractivity (Wildman–Crippen MR) is 81.7 cm³/mol. The second-order valence-electron chi connectivity index (χ2n) is 6.53. The third kappa shape index (κ3) is 3.94. The van der Waals surface area contributed by atoms with Crippen molar-refractivity contribution in [3.05, 3.63) is 18.0 Å². The lowest BCUT2D eigenvalue weighted by Gasteiger charge is -2.27. The van der Waals surface area contributed by atoms with Crippen LogP contribution < -0.4 is 0 Å². The summed E-state index contributed by atoms with van der Waals surface area (Å²) in [5.74, 6) is 1.55. The normalized spacial score (nSPS) is 23.2. The SMILES string of the molecule is CCCC1CCC(C(=O)Cc2ccn(C(C)C)n2)CC1. The first-order valence-electron chi connectivity index (χ1n) is 8.16. The van der Waals surface area contributed by atoms with E-state index < -0.39 is 0 Å². The molecule has 0 unspecified atom stereocenters. The molecule has 0 saturated heterocycles. The van der Waals surface area contributed by atoms with Crippen LogP contribution in [0, 0.1) is 11.8 Å². The van der Waals surface area contributed by atoms with Crippen LogP contribution in [0.5, 0.6) is 0 Å².